The molecular formula is C30H35I3N2O4. The van der Waals surface area contributed by atoms with Crippen molar-refractivity contribution in [3.05, 3.63) is 83.9 Å². The van der Waals surface area contributed by atoms with Crippen molar-refractivity contribution in [2.24, 2.45) is 0 Å². The molecule has 39 heavy (non-hydrogen) atoms. The van der Waals surface area contributed by atoms with E-state index in [-0.39, 0.29) is 11.8 Å². The van der Waals surface area contributed by atoms with E-state index in [1.165, 1.54) is 46.5 Å². The normalized spacial score (nSPS) is 10.1. The molecular weight excluding hydrogens is 833 g/mol. The van der Waals surface area contributed by atoms with Crippen molar-refractivity contribution in [3.8, 4) is 11.5 Å². The number of fused-ring (bicyclic) bond motifs is 2. The summed E-state index contributed by atoms with van der Waals surface area (Å²) in [5.74, 6) is 1.73. The molecule has 0 saturated heterocycles. The fraction of sp³-hybridized carbons (Fsp3) is 0.267. The zero-order valence-electron chi connectivity index (χ0n) is 22.6. The van der Waals surface area contributed by atoms with Crippen LogP contribution in [0.2, 0.25) is 0 Å². The number of nitrogens with one attached hydrogen (secondary N) is 2. The maximum absolute atomic E-state index is 10.9. The molecule has 0 saturated carbocycles. The summed E-state index contributed by atoms with van der Waals surface area (Å²) in [5.41, 5.74) is 2.44. The number of ether oxygens (including phenoxy) is 2. The monoisotopic (exact) mass is 868 g/mol. The average molecular weight is 868 g/mol. The molecule has 210 valence electrons. The first-order chi connectivity index (χ1) is 18.8. The van der Waals surface area contributed by atoms with Gasteiger partial charge in [0, 0.05) is 26.9 Å². The Morgan fingerprint density at radius 2 is 1.08 bits per heavy atom. The van der Waals surface area contributed by atoms with E-state index >= 15 is 0 Å². The van der Waals surface area contributed by atoms with E-state index in [9.17, 15) is 9.59 Å². The number of hydrogen-bond donors (Lipinski definition) is 2. The van der Waals surface area contributed by atoms with Crippen LogP contribution in [0.1, 0.15) is 25.0 Å². The number of methoxy groups -OCH3 is 2. The Kier molecular flexibility index (Phi) is 15.8. The second-order valence-electron chi connectivity index (χ2n) is 8.53. The van der Waals surface area contributed by atoms with Gasteiger partial charge in [-0.1, -0.05) is 48.5 Å². The van der Waals surface area contributed by atoms with Crippen LogP contribution in [0.5, 0.6) is 11.5 Å². The molecule has 0 aliphatic carbocycles. The van der Waals surface area contributed by atoms with Gasteiger partial charge in [-0.05, 0) is 69.8 Å². The number of rotatable bonds is 8. The Balaban J connectivity index is 0.000000249. The first-order valence-corrected chi connectivity index (χ1v) is 25.9. The fourth-order valence-electron chi connectivity index (χ4n) is 4.07. The molecule has 0 heterocycles. The predicted molar refractivity (Wildman–Crippen MR) is 189 cm³/mol. The molecule has 0 bridgehead atoms. The van der Waals surface area contributed by atoms with Gasteiger partial charge in [0.25, 0.3) is 0 Å². The van der Waals surface area contributed by atoms with Crippen molar-refractivity contribution in [1.29, 1.82) is 0 Å². The maximum atomic E-state index is 10.9. The van der Waals surface area contributed by atoms with E-state index in [2.05, 4.69) is 84.3 Å². The van der Waals surface area contributed by atoms with Crippen LogP contribution in [0.25, 0.3) is 21.5 Å². The van der Waals surface area contributed by atoms with Gasteiger partial charge >= 0.3 is 50.5 Å². The van der Waals surface area contributed by atoms with Gasteiger partial charge in [0.1, 0.15) is 11.5 Å². The molecule has 9 heteroatoms. The van der Waals surface area contributed by atoms with Crippen LogP contribution in [0.4, 0.5) is 0 Å². The average Bonchev–Trinajstić information content (AvgIpc) is 2.93. The van der Waals surface area contributed by atoms with E-state index in [1.54, 1.807) is 14.2 Å². The van der Waals surface area contributed by atoms with Gasteiger partial charge in [0.05, 0.1) is 14.2 Å². The van der Waals surface area contributed by atoms with Crippen LogP contribution in [0.3, 0.4) is 0 Å². The molecule has 0 atom stereocenters. The number of amides is 2. The third-order valence-electron chi connectivity index (χ3n) is 5.90. The molecule has 4 rings (SSSR count). The topological polar surface area (TPSA) is 76.7 Å². The molecule has 0 spiro atoms. The number of benzene rings is 4. The second kappa shape index (κ2) is 18.5. The Bertz CT molecular complexity index is 1260. The molecule has 0 fully saturated rings. The summed E-state index contributed by atoms with van der Waals surface area (Å²) in [6, 6.07) is 24.5. The van der Waals surface area contributed by atoms with E-state index < -0.39 is 0 Å². The van der Waals surface area contributed by atoms with Crippen LogP contribution in [0.15, 0.2) is 72.8 Å². The molecule has 4 aromatic carbocycles. The Hall–Kier alpha value is -1.87. The molecule has 4 aromatic rings. The van der Waals surface area contributed by atoms with Crippen LogP contribution >= 0.6 is 50.5 Å². The van der Waals surface area contributed by atoms with Gasteiger partial charge in [-0.3, -0.25) is 9.59 Å². The fourth-order valence-corrected chi connectivity index (χ4v) is 4.07. The number of carbonyl (C=O) groups excluding carboxylic acids is 2. The van der Waals surface area contributed by atoms with Gasteiger partial charge in [-0.25, -0.2) is 0 Å². The third kappa shape index (κ3) is 11.6. The van der Waals surface area contributed by atoms with Crippen LogP contribution in [-0.4, -0.2) is 39.1 Å². The molecule has 0 radical (unpaired) electrons. The Morgan fingerprint density at radius 1 is 0.692 bits per heavy atom. The van der Waals surface area contributed by atoms with E-state index in [0.29, 0.717) is 26.3 Å². The summed E-state index contributed by atoms with van der Waals surface area (Å²) >= 11 is 5.22. The summed E-state index contributed by atoms with van der Waals surface area (Å²) in [5, 5.41) is 10.4. The molecule has 2 N–H and O–H groups in total. The van der Waals surface area contributed by atoms with Gasteiger partial charge in [0.15, 0.2) is 0 Å². The molecule has 0 aliphatic heterocycles. The molecule has 2 amide bonds. The van der Waals surface area contributed by atoms with Crippen molar-refractivity contribution < 1.29 is 19.1 Å². The minimum atomic E-state index is 0.00724. The number of hydrogen-bond acceptors (Lipinski definition) is 4. The van der Waals surface area contributed by atoms with Crippen LogP contribution in [0, 0.1) is 0 Å². The number of carbonyl (C=O) groups is 2. The Labute approximate surface area is 260 Å². The summed E-state index contributed by atoms with van der Waals surface area (Å²) in [6.45, 7) is 4.38. The predicted octanol–water partition coefficient (Wildman–Crippen LogP) is 7.44. The summed E-state index contributed by atoms with van der Waals surface area (Å²) in [6.07, 6.45) is 1.65. The third-order valence-corrected chi connectivity index (χ3v) is 5.90. The SMILES string of the molecule is COc1ccc2cccc(CCNC(C)=O)c2c1.COc1ccc2cccc(CCNC(C)=O)c2c1.I[IH]I. The van der Waals surface area contributed by atoms with Crippen molar-refractivity contribution in [1.82, 2.24) is 10.6 Å². The summed E-state index contributed by atoms with van der Waals surface area (Å²) in [7, 11) is 3.34. The van der Waals surface area contributed by atoms with Gasteiger partial charge in [0.2, 0.25) is 11.8 Å². The van der Waals surface area contributed by atoms with Gasteiger partial charge < -0.3 is 20.1 Å². The number of halogens is 3. The standard InChI is InChI=1S/2C15H17NO2.HI3/c2*1-11(17)16-9-8-13-5-3-4-12-6-7-14(18-2)10-15(12)13;1-3-2/h2*3-7,10H,8-9H2,1-2H3,(H,16,17);3H. The molecule has 6 nitrogen and oxygen atoms in total. The minimum absolute atomic E-state index is 0.00724. The molecule has 0 unspecified atom stereocenters. The van der Waals surface area contributed by atoms with Gasteiger partial charge in [-0.15, -0.1) is 0 Å². The zero-order chi connectivity index (χ0) is 28.6. The quantitative estimate of drug-likeness (QED) is 0.181. The van der Waals surface area contributed by atoms with Crippen LogP contribution in [-0.2, 0) is 22.4 Å². The second-order valence-corrected chi connectivity index (χ2v) is 26.1. The summed E-state index contributed by atoms with van der Waals surface area (Å²) < 4.78 is 10.5. The summed E-state index contributed by atoms with van der Waals surface area (Å²) in [4.78, 5) is 21.7. The van der Waals surface area contributed by atoms with Crippen molar-refractivity contribution in [2.45, 2.75) is 26.7 Å². The zero-order valence-corrected chi connectivity index (χ0v) is 29.2. The first-order valence-electron chi connectivity index (χ1n) is 12.3. The van der Waals surface area contributed by atoms with Crippen molar-refractivity contribution >= 4 is 83.8 Å². The van der Waals surface area contributed by atoms with E-state index in [1.807, 2.05) is 36.4 Å². The van der Waals surface area contributed by atoms with Gasteiger partial charge in [-0.2, -0.15) is 0 Å². The van der Waals surface area contributed by atoms with Crippen LogP contribution < -0.4 is 20.1 Å². The van der Waals surface area contributed by atoms with Crippen molar-refractivity contribution in [3.63, 3.8) is 0 Å². The van der Waals surface area contributed by atoms with E-state index in [4.69, 9.17) is 9.47 Å². The van der Waals surface area contributed by atoms with Crippen molar-refractivity contribution in [2.75, 3.05) is 27.3 Å². The van der Waals surface area contributed by atoms with E-state index in [0.717, 1.165) is 24.3 Å². The Morgan fingerprint density at radius 3 is 1.41 bits per heavy atom. The first kappa shape index (κ1) is 33.3. The molecule has 0 aromatic heterocycles. The molecule has 0 aliphatic rings.